The van der Waals surface area contributed by atoms with Gasteiger partial charge in [-0.1, -0.05) is 19.0 Å². The van der Waals surface area contributed by atoms with E-state index in [1.807, 2.05) is 11.8 Å². The Morgan fingerprint density at radius 2 is 2.33 bits per heavy atom. The van der Waals surface area contributed by atoms with E-state index in [-0.39, 0.29) is 4.75 Å². The third-order valence-electron chi connectivity index (χ3n) is 2.22. The molecule has 1 unspecified atom stereocenters. The van der Waals surface area contributed by atoms with Crippen LogP contribution in [-0.4, -0.2) is 10.9 Å². The van der Waals surface area contributed by atoms with Crippen LogP contribution in [0.5, 0.6) is 0 Å². The molecule has 1 atom stereocenters. The first-order valence-corrected chi connectivity index (χ1v) is 5.21. The summed E-state index contributed by atoms with van der Waals surface area (Å²) in [5.74, 6) is 2.62. The molecule has 0 radical (unpaired) electrons. The summed E-state index contributed by atoms with van der Waals surface area (Å²) in [6, 6.07) is 2.09. The molecule has 3 heteroatoms. The normalized spacial score (nSPS) is 28.0. The molecule has 12 heavy (non-hydrogen) atoms. The van der Waals surface area contributed by atoms with Crippen molar-refractivity contribution in [2.24, 2.45) is 0 Å². The highest BCUT2D eigenvalue weighted by Gasteiger charge is 2.43. The second kappa shape index (κ2) is 2.52. The quantitative estimate of drug-likeness (QED) is 0.659. The minimum atomic E-state index is 0.261. The average Bonchev–Trinajstić information content (AvgIpc) is 2.61. The molecule has 0 saturated carbocycles. The maximum absolute atomic E-state index is 5.23. The maximum atomic E-state index is 5.23. The summed E-state index contributed by atoms with van der Waals surface area (Å²) >= 11 is 1.93. The van der Waals surface area contributed by atoms with Gasteiger partial charge in [-0.15, -0.1) is 11.8 Å². The number of aromatic nitrogens is 1. The van der Waals surface area contributed by atoms with Crippen molar-refractivity contribution in [1.82, 2.24) is 5.16 Å². The van der Waals surface area contributed by atoms with Crippen molar-refractivity contribution in [3.63, 3.8) is 0 Å². The zero-order chi connectivity index (χ0) is 8.77. The molecule has 66 valence electrons. The molecular formula is C9H13NOS. The molecule has 2 nitrogen and oxygen atoms in total. The molecule has 1 aromatic heterocycles. The highest BCUT2D eigenvalue weighted by molar-refractivity contribution is 8.07. The van der Waals surface area contributed by atoms with Crippen LogP contribution in [0.4, 0.5) is 0 Å². The molecule has 0 N–H and O–H groups in total. The average molecular weight is 183 g/mol. The molecule has 0 aliphatic carbocycles. The summed E-state index contributed by atoms with van der Waals surface area (Å²) in [6.45, 7) is 6.44. The van der Waals surface area contributed by atoms with Gasteiger partial charge in [-0.05, 0) is 6.92 Å². The highest BCUT2D eigenvalue weighted by Crippen LogP contribution is 2.52. The summed E-state index contributed by atoms with van der Waals surface area (Å²) in [7, 11) is 0. The van der Waals surface area contributed by atoms with E-state index in [0.29, 0.717) is 5.92 Å². The lowest BCUT2D eigenvalue weighted by molar-refractivity contribution is 0.363. The summed E-state index contributed by atoms with van der Waals surface area (Å²) in [5, 5.41) is 4.08. The molecule has 0 bridgehead atoms. The Labute approximate surface area is 76.7 Å². The summed E-state index contributed by atoms with van der Waals surface area (Å²) in [6.07, 6.45) is 0. The van der Waals surface area contributed by atoms with Gasteiger partial charge < -0.3 is 4.52 Å². The zero-order valence-electron chi connectivity index (χ0n) is 7.63. The molecular weight excluding hydrogens is 170 g/mol. The van der Waals surface area contributed by atoms with E-state index in [1.165, 1.54) is 5.75 Å². The fraction of sp³-hybridized carbons (Fsp3) is 0.667. The van der Waals surface area contributed by atoms with Gasteiger partial charge in [0.25, 0.3) is 0 Å². The number of thioether (sulfide) groups is 1. The molecule has 0 aromatic carbocycles. The molecule has 2 heterocycles. The van der Waals surface area contributed by atoms with Crippen LogP contribution in [0.1, 0.15) is 38.1 Å². The molecule has 0 amide bonds. The van der Waals surface area contributed by atoms with Gasteiger partial charge in [0.15, 0.2) is 0 Å². The number of hydrogen-bond acceptors (Lipinski definition) is 3. The van der Waals surface area contributed by atoms with Crippen molar-refractivity contribution in [2.45, 2.75) is 31.4 Å². The molecule has 1 saturated heterocycles. The first kappa shape index (κ1) is 8.17. The number of nitrogens with zero attached hydrogens (tertiary/aromatic N) is 1. The van der Waals surface area contributed by atoms with Crippen molar-refractivity contribution in [2.75, 3.05) is 5.75 Å². The van der Waals surface area contributed by atoms with Crippen molar-refractivity contribution < 1.29 is 4.52 Å². The van der Waals surface area contributed by atoms with Gasteiger partial charge in [0.1, 0.15) is 11.5 Å². The highest BCUT2D eigenvalue weighted by atomic mass is 32.2. The van der Waals surface area contributed by atoms with Crippen molar-refractivity contribution in [3.05, 3.63) is 17.5 Å². The second-order valence-corrected chi connectivity index (χ2v) is 5.27. The van der Waals surface area contributed by atoms with Gasteiger partial charge >= 0.3 is 0 Å². The fourth-order valence-corrected chi connectivity index (χ4v) is 1.68. The predicted molar refractivity (Wildman–Crippen MR) is 50.4 cm³/mol. The first-order chi connectivity index (χ1) is 5.62. The van der Waals surface area contributed by atoms with Crippen LogP contribution < -0.4 is 0 Å². The standard InChI is InChI=1S/C9H13NOS/c1-6(2)7-4-8(10-11-7)9(3)5-12-9/h4,6H,5H2,1-3H3. The number of rotatable bonds is 2. The lowest BCUT2D eigenvalue weighted by Gasteiger charge is -1.97. The smallest absolute Gasteiger partial charge is 0.139 e. The molecule has 0 spiro atoms. The van der Waals surface area contributed by atoms with Crippen LogP contribution >= 0.6 is 11.8 Å². The Balaban J connectivity index is 2.25. The summed E-state index contributed by atoms with van der Waals surface area (Å²) in [5.41, 5.74) is 1.11. The molecule has 2 rings (SSSR count). The Kier molecular flexibility index (Phi) is 1.72. The summed E-state index contributed by atoms with van der Waals surface area (Å²) in [4.78, 5) is 0. The van der Waals surface area contributed by atoms with E-state index in [9.17, 15) is 0 Å². The van der Waals surface area contributed by atoms with Crippen LogP contribution in [0.3, 0.4) is 0 Å². The Morgan fingerprint density at radius 1 is 1.67 bits per heavy atom. The molecule has 1 aromatic rings. The minimum absolute atomic E-state index is 0.261. The van der Waals surface area contributed by atoms with E-state index in [0.717, 1.165) is 11.5 Å². The van der Waals surface area contributed by atoms with Crippen LogP contribution in [0, 0.1) is 0 Å². The maximum Gasteiger partial charge on any atom is 0.139 e. The Hall–Kier alpha value is -0.440. The zero-order valence-corrected chi connectivity index (χ0v) is 8.44. The van der Waals surface area contributed by atoms with E-state index >= 15 is 0 Å². The predicted octanol–water partition coefficient (Wildman–Crippen LogP) is 2.76. The first-order valence-electron chi connectivity index (χ1n) is 4.23. The van der Waals surface area contributed by atoms with E-state index in [2.05, 4.69) is 32.0 Å². The van der Waals surface area contributed by atoms with Gasteiger partial charge in [0, 0.05) is 17.7 Å². The van der Waals surface area contributed by atoms with Gasteiger partial charge in [-0.3, -0.25) is 0 Å². The SMILES string of the molecule is CC(C)c1cc(C2(C)CS2)no1. The third-order valence-corrected chi connectivity index (χ3v) is 3.58. The summed E-state index contributed by atoms with van der Waals surface area (Å²) < 4.78 is 5.49. The van der Waals surface area contributed by atoms with E-state index < -0.39 is 0 Å². The molecule has 1 aliphatic heterocycles. The topological polar surface area (TPSA) is 26.0 Å². The van der Waals surface area contributed by atoms with Gasteiger partial charge in [0.05, 0.1) is 4.75 Å². The van der Waals surface area contributed by atoms with Gasteiger partial charge in [-0.25, -0.2) is 0 Å². The number of hydrogen-bond donors (Lipinski definition) is 0. The van der Waals surface area contributed by atoms with Gasteiger partial charge in [0.2, 0.25) is 0 Å². The lowest BCUT2D eigenvalue weighted by Crippen LogP contribution is -1.99. The van der Waals surface area contributed by atoms with Gasteiger partial charge in [-0.2, -0.15) is 0 Å². The van der Waals surface area contributed by atoms with E-state index in [4.69, 9.17) is 4.52 Å². The van der Waals surface area contributed by atoms with Crippen molar-refractivity contribution in [1.29, 1.82) is 0 Å². The second-order valence-electron chi connectivity index (χ2n) is 3.79. The monoisotopic (exact) mass is 183 g/mol. The lowest BCUT2D eigenvalue weighted by atomic mass is 10.1. The Morgan fingerprint density at radius 3 is 2.75 bits per heavy atom. The molecule has 1 aliphatic rings. The fourth-order valence-electron chi connectivity index (χ4n) is 1.07. The minimum Gasteiger partial charge on any atom is -0.361 e. The van der Waals surface area contributed by atoms with Crippen LogP contribution in [0.15, 0.2) is 10.6 Å². The Bertz CT molecular complexity index is 288. The van der Waals surface area contributed by atoms with E-state index in [1.54, 1.807) is 0 Å². The van der Waals surface area contributed by atoms with Crippen molar-refractivity contribution >= 4 is 11.8 Å². The largest absolute Gasteiger partial charge is 0.361 e. The third kappa shape index (κ3) is 1.26. The molecule has 1 fully saturated rings. The van der Waals surface area contributed by atoms with Crippen LogP contribution in [-0.2, 0) is 4.75 Å². The van der Waals surface area contributed by atoms with Crippen molar-refractivity contribution in [3.8, 4) is 0 Å². The van der Waals surface area contributed by atoms with Crippen LogP contribution in [0.2, 0.25) is 0 Å². The van der Waals surface area contributed by atoms with Crippen LogP contribution in [0.25, 0.3) is 0 Å².